The summed E-state index contributed by atoms with van der Waals surface area (Å²) in [5.74, 6) is -0.801. The van der Waals surface area contributed by atoms with Crippen LogP contribution in [0.4, 0.5) is 5.69 Å². The minimum atomic E-state index is -0.952. The summed E-state index contributed by atoms with van der Waals surface area (Å²) in [6.07, 6.45) is 5.41. The van der Waals surface area contributed by atoms with Gasteiger partial charge in [-0.15, -0.1) is 0 Å². The van der Waals surface area contributed by atoms with E-state index in [0.717, 1.165) is 72.9 Å². The number of piperidine rings is 2. The molecule has 43 heavy (non-hydrogen) atoms. The van der Waals surface area contributed by atoms with Crippen LogP contribution < -0.4 is 21.3 Å². The predicted octanol–water partition coefficient (Wildman–Crippen LogP) is 2.42. The lowest BCUT2D eigenvalue weighted by atomic mass is 9.80. The van der Waals surface area contributed by atoms with Gasteiger partial charge in [0.05, 0.1) is 16.8 Å². The smallest absolute Gasteiger partial charge is 0.262 e. The van der Waals surface area contributed by atoms with Gasteiger partial charge in [-0.1, -0.05) is 6.07 Å². The molecule has 6 rings (SSSR count). The van der Waals surface area contributed by atoms with Crippen LogP contribution >= 0.6 is 0 Å². The Morgan fingerprint density at radius 2 is 1.84 bits per heavy atom. The number of aliphatic hydroxyl groups is 1. The minimum absolute atomic E-state index is 0.226. The molecule has 3 fully saturated rings. The summed E-state index contributed by atoms with van der Waals surface area (Å²) in [5, 5.41) is 31.4. The molecule has 0 bridgehead atoms. The molecular formula is C32H39N7O4. The SMILES string of the molecule is Cc1cccc(/C(=C/NC2CC(CNc3ccc4c(c3)C(=O)N(C3CCC(O)NC3=O)C4=O)C2)C(=N)C2CCNCC2)n1. The Labute approximate surface area is 251 Å². The number of allylic oxidation sites excluding steroid dienone is 1. The number of carbonyl (C=O) groups is 3. The van der Waals surface area contributed by atoms with E-state index >= 15 is 0 Å². The van der Waals surface area contributed by atoms with Gasteiger partial charge < -0.3 is 31.8 Å². The Balaban J connectivity index is 1.04. The predicted molar refractivity (Wildman–Crippen MR) is 163 cm³/mol. The van der Waals surface area contributed by atoms with E-state index in [0.29, 0.717) is 28.8 Å². The van der Waals surface area contributed by atoms with Crippen LogP contribution in [0.5, 0.6) is 0 Å². The van der Waals surface area contributed by atoms with Gasteiger partial charge in [0.1, 0.15) is 12.3 Å². The van der Waals surface area contributed by atoms with Crippen molar-refractivity contribution < 1.29 is 19.5 Å². The van der Waals surface area contributed by atoms with Crippen LogP contribution in [0.3, 0.4) is 0 Å². The van der Waals surface area contributed by atoms with Gasteiger partial charge in [-0.25, -0.2) is 0 Å². The second-order valence-corrected chi connectivity index (χ2v) is 12.1. The fourth-order valence-electron chi connectivity index (χ4n) is 6.49. The van der Waals surface area contributed by atoms with Crippen LogP contribution in [0.25, 0.3) is 5.57 Å². The number of imide groups is 1. The van der Waals surface area contributed by atoms with Gasteiger partial charge in [0.15, 0.2) is 0 Å². The highest BCUT2D eigenvalue weighted by Crippen LogP contribution is 2.32. The Kier molecular flexibility index (Phi) is 8.27. The fourth-order valence-corrected chi connectivity index (χ4v) is 6.49. The first-order valence-corrected chi connectivity index (χ1v) is 15.2. The number of aliphatic hydroxyl groups excluding tert-OH is 1. The fraction of sp³-hybridized carbons (Fsp3) is 0.469. The molecule has 3 amide bonds. The zero-order valence-electron chi connectivity index (χ0n) is 24.4. The molecule has 226 valence electrons. The zero-order chi connectivity index (χ0) is 30.1. The van der Waals surface area contributed by atoms with E-state index in [1.807, 2.05) is 31.3 Å². The zero-order valence-corrected chi connectivity index (χ0v) is 24.4. The molecule has 11 nitrogen and oxygen atoms in total. The summed E-state index contributed by atoms with van der Waals surface area (Å²) in [5.41, 5.74) is 4.62. The number of hydrogen-bond donors (Lipinski definition) is 6. The molecule has 2 atom stereocenters. The average Bonchev–Trinajstić information content (AvgIpc) is 3.22. The van der Waals surface area contributed by atoms with Crippen molar-refractivity contribution >= 4 is 34.7 Å². The Bertz CT molecular complexity index is 1460. The number of carbonyl (C=O) groups excluding carboxylic acids is 3. The second kappa shape index (κ2) is 12.3. The maximum absolute atomic E-state index is 13.1. The van der Waals surface area contributed by atoms with E-state index in [9.17, 15) is 19.5 Å². The maximum atomic E-state index is 13.1. The van der Waals surface area contributed by atoms with Gasteiger partial charge in [0, 0.05) is 47.4 Å². The number of pyridine rings is 1. The lowest BCUT2D eigenvalue weighted by Gasteiger charge is -2.36. The van der Waals surface area contributed by atoms with Crippen molar-refractivity contribution in [3.63, 3.8) is 0 Å². The van der Waals surface area contributed by atoms with Crippen LogP contribution in [0, 0.1) is 24.2 Å². The average molecular weight is 586 g/mol. The van der Waals surface area contributed by atoms with Gasteiger partial charge in [-0.3, -0.25) is 24.3 Å². The second-order valence-electron chi connectivity index (χ2n) is 12.1. The number of rotatable bonds is 9. The first-order valence-electron chi connectivity index (χ1n) is 15.2. The third-order valence-corrected chi connectivity index (χ3v) is 9.05. The van der Waals surface area contributed by atoms with E-state index in [2.05, 4.69) is 21.3 Å². The summed E-state index contributed by atoms with van der Waals surface area (Å²) in [6.45, 7) is 4.56. The van der Waals surface area contributed by atoms with Crippen molar-refractivity contribution in [1.82, 2.24) is 25.8 Å². The Hall–Kier alpha value is -4.09. The molecule has 6 N–H and O–H groups in total. The Morgan fingerprint density at radius 3 is 2.58 bits per heavy atom. The van der Waals surface area contributed by atoms with Crippen LogP contribution in [-0.4, -0.2) is 76.4 Å². The highest BCUT2D eigenvalue weighted by Gasteiger charge is 2.44. The lowest BCUT2D eigenvalue weighted by Crippen LogP contribution is -2.55. The normalized spacial score (nSPS) is 26.0. The third kappa shape index (κ3) is 6.05. The van der Waals surface area contributed by atoms with Crippen molar-refractivity contribution in [2.75, 3.05) is 25.0 Å². The van der Waals surface area contributed by atoms with Gasteiger partial charge >= 0.3 is 0 Å². The van der Waals surface area contributed by atoms with E-state index < -0.39 is 30.0 Å². The molecule has 0 radical (unpaired) electrons. The molecule has 4 aliphatic rings. The van der Waals surface area contributed by atoms with Crippen molar-refractivity contribution in [3.8, 4) is 0 Å². The van der Waals surface area contributed by atoms with Crippen molar-refractivity contribution in [2.24, 2.45) is 11.8 Å². The van der Waals surface area contributed by atoms with Gasteiger partial charge in [-0.05, 0) is 94.8 Å². The summed E-state index contributed by atoms with van der Waals surface area (Å²) in [6, 6.07) is 10.5. The molecule has 4 heterocycles. The van der Waals surface area contributed by atoms with Crippen molar-refractivity contribution in [1.29, 1.82) is 5.41 Å². The standard InChI is InChI=1S/C32H39N7O4/c1-18-3-2-4-26(37-18)25(29(33)20-9-11-34-12-10-20)17-36-22-13-19(14-22)16-35-21-5-6-23-24(15-21)32(43)39(31(23)42)27-7-8-28(40)38-30(27)41/h2-6,15,17,19-20,22,27-28,33-36,40H,7-14,16H2,1H3,(H,38,41)/b25-17-,33-29?. The monoisotopic (exact) mass is 585 g/mol. The van der Waals surface area contributed by atoms with Crippen molar-refractivity contribution in [2.45, 2.75) is 63.8 Å². The first-order chi connectivity index (χ1) is 20.8. The van der Waals surface area contributed by atoms with E-state index in [4.69, 9.17) is 10.4 Å². The topological polar surface area (TPSA) is 160 Å². The molecule has 1 aromatic carbocycles. The number of anilines is 1. The summed E-state index contributed by atoms with van der Waals surface area (Å²) >= 11 is 0. The number of fused-ring (bicyclic) bond motifs is 1. The Morgan fingerprint density at radius 1 is 1.07 bits per heavy atom. The molecular weight excluding hydrogens is 546 g/mol. The molecule has 2 unspecified atom stereocenters. The van der Waals surface area contributed by atoms with Crippen LogP contribution in [-0.2, 0) is 4.79 Å². The number of nitrogens with one attached hydrogen (secondary N) is 5. The molecule has 1 aromatic heterocycles. The third-order valence-electron chi connectivity index (χ3n) is 9.05. The lowest BCUT2D eigenvalue weighted by molar-refractivity contribution is -0.131. The van der Waals surface area contributed by atoms with Gasteiger partial charge in [0.2, 0.25) is 5.91 Å². The number of hydrogen-bond acceptors (Lipinski definition) is 9. The molecule has 2 aromatic rings. The van der Waals surface area contributed by atoms with Gasteiger partial charge in [-0.2, -0.15) is 0 Å². The van der Waals surface area contributed by atoms with Gasteiger partial charge in [0.25, 0.3) is 11.8 Å². The molecule has 1 aliphatic carbocycles. The first kappa shape index (κ1) is 29.0. The summed E-state index contributed by atoms with van der Waals surface area (Å²) in [7, 11) is 0. The maximum Gasteiger partial charge on any atom is 0.262 e. The van der Waals surface area contributed by atoms with E-state index in [-0.39, 0.29) is 18.8 Å². The largest absolute Gasteiger partial charge is 0.388 e. The molecule has 0 spiro atoms. The van der Waals surface area contributed by atoms with Crippen LogP contribution in [0.1, 0.15) is 70.6 Å². The minimum Gasteiger partial charge on any atom is -0.388 e. The number of amides is 3. The quantitative estimate of drug-likeness (QED) is 0.193. The van der Waals surface area contributed by atoms with Crippen LogP contribution in [0.15, 0.2) is 42.6 Å². The van der Waals surface area contributed by atoms with Crippen molar-refractivity contribution in [3.05, 3.63) is 65.1 Å². The summed E-state index contributed by atoms with van der Waals surface area (Å²) < 4.78 is 0. The number of aromatic nitrogens is 1. The highest BCUT2D eigenvalue weighted by atomic mass is 16.3. The molecule has 1 saturated carbocycles. The molecule has 3 aliphatic heterocycles. The molecule has 11 heteroatoms. The highest BCUT2D eigenvalue weighted by molar-refractivity contribution is 6.23. The van der Waals surface area contributed by atoms with E-state index in [1.165, 1.54) is 0 Å². The van der Waals surface area contributed by atoms with Crippen LogP contribution in [0.2, 0.25) is 0 Å². The number of benzene rings is 1. The number of nitrogens with zero attached hydrogens (tertiary/aromatic N) is 2. The summed E-state index contributed by atoms with van der Waals surface area (Å²) in [4.78, 5) is 44.2. The molecule has 2 saturated heterocycles. The number of aryl methyl sites for hydroxylation is 1. The van der Waals surface area contributed by atoms with E-state index in [1.54, 1.807) is 18.2 Å².